The molecule has 0 saturated heterocycles. The van der Waals surface area contributed by atoms with Crippen molar-refractivity contribution in [3.63, 3.8) is 0 Å². The molecule has 1 heterocycles. The average Bonchev–Trinajstić information content (AvgIpc) is 3.55. The second-order valence-electron chi connectivity index (χ2n) is 12.7. The number of para-hydroxylation sites is 1. The molecule has 0 N–H and O–H groups in total. The Bertz CT molecular complexity index is 2490. The number of halogens is 1. The normalized spacial score (nSPS) is 11.8. The Kier molecular flexibility index (Phi) is 6.69. The molecular weight excluding hydrogens is 683 g/mol. The summed E-state index contributed by atoms with van der Waals surface area (Å²) in [6.07, 6.45) is 0. The van der Waals surface area contributed by atoms with E-state index in [1.807, 2.05) is 6.07 Å². The molecule has 224 valence electrons. The Morgan fingerprint density at radius 3 is 1.40 bits per heavy atom. The molecule has 0 fully saturated rings. The second kappa shape index (κ2) is 11.1. The van der Waals surface area contributed by atoms with E-state index in [4.69, 9.17) is 4.42 Å². The monoisotopic (exact) mass is 714 g/mol. The van der Waals surface area contributed by atoms with Crippen LogP contribution < -0.4 is 0 Å². The third-order valence-corrected chi connectivity index (χ3v) is 10.6. The summed E-state index contributed by atoms with van der Waals surface area (Å²) >= 11 is 2.44. The quantitative estimate of drug-likeness (QED) is 0.0983. The highest BCUT2D eigenvalue weighted by atomic mass is 127. The van der Waals surface area contributed by atoms with Crippen LogP contribution in [0.4, 0.5) is 0 Å². The van der Waals surface area contributed by atoms with Crippen LogP contribution in [0.2, 0.25) is 0 Å². The molecule has 0 radical (unpaired) electrons. The van der Waals surface area contributed by atoms with Crippen molar-refractivity contribution in [1.29, 1.82) is 0 Å². The van der Waals surface area contributed by atoms with E-state index in [9.17, 15) is 0 Å². The maximum Gasteiger partial charge on any atom is 0.136 e. The summed E-state index contributed by atoms with van der Waals surface area (Å²) in [5, 5.41) is 8.71. The lowest BCUT2D eigenvalue weighted by Gasteiger charge is -2.21. The zero-order valence-electron chi connectivity index (χ0n) is 26.3. The fourth-order valence-corrected chi connectivity index (χ4v) is 7.78. The summed E-state index contributed by atoms with van der Waals surface area (Å²) in [6, 6.07) is 51.6. The first-order valence-electron chi connectivity index (χ1n) is 16.1. The summed E-state index contributed by atoms with van der Waals surface area (Å²) < 4.78 is 7.57. The molecule has 8 aromatic carbocycles. The molecule has 9 aromatic rings. The third kappa shape index (κ3) is 4.65. The van der Waals surface area contributed by atoms with Gasteiger partial charge in [-0.25, -0.2) is 0 Å². The summed E-state index contributed by atoms with van der Waals surface area (Å²) in [6.45, 7) is 4.30. The van der Waals surface area contributed by atoms with Crippen LogP contribution in [0.5, 0.6) is 0 Å². The van der Waals surface area contributed by atoms with Gasteiger partial charge in [0.2, 0.25) is 0 Å². The van der Waals surface area contributed by atoms with Gasteiger partial charge in [0.1, 0.15) is 11.3 Å². The number of hydrogen-bond acceptors (Lipinski definition) is 1. The van der Waals surface area contributed by atoms with Crippen molar-refractivity contribution in [3.05, 3.63) is 156 Å². The van der Waals surface area contributed by atoms with Crippen molar-refractivity contribution in [1.82, 2.24) is 0 Å². The lowest BCUT2D eigenvalue weighted by molar-refractivity contribution is 0.632. The van der Waals surface area contributed by atoms with Gasteiger partial charge in [-0.3, -0.25) is 0 Å². The maximum absolute atomic E-state index is 6.58. The molecule has 1 aromatic heterocycles. The standard InChI is InChI=1S/C45H31IO/c1-27-7-13-30(14-8-27)38-24-39(31-15-9-28(2)10-16-31)35-21-22-37-41(43-23-33-5-3-4-6-42(33)47-43)25-40(32-17-11-29(26-46)12-18-32)36-20-19-34(38)44(35)45(36)37/h3-25H,26H2,1-2H3. The highest BCUT2D eigenvalue weighted by Crippen LogP contribution is 2.49. The van der Waals surface area contributed by atoms with E-state index < -0.39 is 0 Å². The molecule has 0 aliphatic carbocycles. The molecule has 0 aliphatic heterocycles. The number of benzene rings is 8. The van der Waals surface area contributed by atoms with Crippen molar-refractivity contribution < 1.29 is 4.42 Å². The van der Waals surface area contributed by atoms with Crippen LogP contribution in [-0.2, 0) is 4.43 Å². The Morgan fingerprint density at radius 2 is 0.915 bits per heavy atom. The predicted molar refractivity (Wildman–Crippen MR) is 209 cm³/mol. The number of fused-ring (bicyclic) bond motifs is 1. The van der Waals surface area contributed by atoms with Gasteiger partial charge in [0, 0.05) is 15.4 Å². The molecule has 0 spiro atoms. The molecule has 47 heavy (non-hydrogen) atoms. The van der Waals surface area contributed by atoms with Crippen LogP contribution in [0.3, 0.4) is 0 Å². The van der Waals surface area contributed by atoms with Gasteiger partial charge in [0.05, 0.1) is 0 Å². The van der Waals surface area contributed by atoms with E-state index in [2.05, 4.69) is 170 Å². The average molecular weight is 715 g/mol. The van der Waals surface area contributed by atoms with Crippen molar-refractivity contribution in [3.8, 4) is 44.7 Å². The minimum Gasteiger partial charge on any atom is -0.456 e. The van der Waals surface area contributed by atoms with Gasteiger partial charge in [0.25, 0.3) is 0 Å². The molecule has 0 aliphatic rings. The van der Waals surface area contributed by atoms with E-state index in [1.165, 1.54) is 82.4 Å². The molecule has 0 bridgehead atoms. The summed E-state index contributed by atoms with van der Waals surface area (Å²) in [7, 11) is 0. The van der Waals surface area contributed by atoms with Gasteiger partial charge < -0.3 is 4.42 Å². The first-order valence-corrected chi connectivity index (χ1v) is 17.6. The van der Waals surface area contributed by atoms with Crippen molar-refractivity contribution in [2.75, 3.05) is 0 Å². The molecule has 0 atom stereocenters. The van der Waals surface area contributed by atoms with Gasteiger partial charge in [-0.2, -0.15) is 0 Å². The smallest absolute Gasteiger partial charge is 0.136 e. The number of rotatable bonds is 5. The zero-order chi connectivity index (χ0) is 31.6. The van der Waals surface area contributed by atoms with Crippen LogP contribution in [-0.4, -0.2) is 0 Å². The third-order valence-electron chi connectivity index (χ3n) is 9.73. The largest absolute Gasteiger partial charge is 0.456 e. The predicted octanol–water partition coefficient (Wildman–Crippen LogP) is 13.6. The first kappa shape index (κ1) is 28.3. The Labute approximate surface area is 288 Å². The van der Waals surface area contributed by atoms with Gasteiger partial charge in [-0.05, 0) is 109 Å². The van der Waals surface area contributed by atoms with Gasteiger partial charge in [0.15, 0.2) is 0 Å². The molecule has 9 rings (SSSR count). The zero-order valence-corrected chi connectivity index (χ0v) is 28.4. The van der Waals surface area contributed by atoms with Crippen LogP contribution >= 0.6 is 22.6 Å². The van der Waals surface area contributed by atoms with Gasteiger partial charge in [-0.15, -0.1) is 0 Å². The Morgan fingerprint density at radius 1 is 0.468 bits per heavy atom. The number of hydrogen-bond donors (Lipinski definition) is 0. The minimum atomic E-state index is 0.895. The fourth-order valence-electron chi connectivity index (χ4n) is 7.27. The highest BCUT2D eigenvalue weighted by Gasteiger charge is 2.22. The fraction of sp³-hybridized carbons (Fsp3) is 0.0667. The van der Waals surface area contributed by atoms with Crippen LogP contribution in [0, 0.1) is 13.8 Å². The topological polar surface area (TPSA) is 13.1 Å². The summed E-state index contributed by atoms with van der Waals surface area (Å²) in [5.74, 6) is 0.895. The summed E-state index contributed by atoms with van der Waals surface area (Å²) in [4.78, 5) is 0. The minimum absolute atomic E-state index is 0.895. The molecular formula is C45H31IO. The Hall–Kier alpha value is -4.93. The summed E-state index contributed by atoms with van der Waals surface area (Å²) in [5.41, 5.74) is 13.3. The number of furan rings is 1. The van der Waals surface area contributed by atoms with E-state index in [-0.39, 0.29) is 0 Å². The van der Waals surface area contributed by atoms with E-state index in [1.54, 1.807) is 0 Å². The Balaban J connectivity index is 1.45. The molecule has 0 unspecified atom stereocenters. The van der Waals surface area contributed by atoms with Crippen molar-refractivity contribution >= 4 is 65.9 Å². The highest BCUT2D eigenvalue weighted by molar-refractivity contribution is 14.1. The van der Waals surface area contributed by atoms with Gasteiger partial charge >= 0.3 is 0 Å². The second-order valence-corrected chi connectivity index (χ2v) is 13.5. The first-order chi connectivity index (χ1) is 23.1. The number of aryl methyl sites for hydroxylation is 2. The van der Waals surface area contributed by atoms with E-state index in [0.29, 0.717) is 0 Å². The van der Waals surface area contributed by atoms with Gasteiger partial charge in [-0.1, -0.05) is 149 Å². The molecule has 2 heteroatoms. The molecule has 0 amide bonds. The lowest BCUT2D eigenvalue weighted by Crippen LogP contribution is -1.94. The maximum atomic E-state index is 6.58. The molecule has 1 nitrogen and oxygen atoms in total. The van der Waals surface area contributed by atoms with E-state index >= 15 is 0 Å². The molecule has 0 saturated carbocycles. The van der Waals surface area contributed by atoms with Crippen molar-refractivity contribution in [2.24, 2.45) is 0 Å². The van der Waals surface area contributed by atoms with Crippen LogP contribution in [0.15, 0.2) is 144 Å². The van der Waals surface area contributed by atoms with Crippen molar-refractivity contribution in [2.45, 2.75) is 18.3 Å². The number of alkyl halides is 1. The SMILES string of the molecule is Cc1ccc(-c2cc(-c3ccc(C)cc3)c3ccc4c(-c5cc6ccccc6o5)cc(-c5ccc(CI)cc5)c5ccc2c3c54)cc1. The van der Waals surface area contributed by atoms with E-state index in [0.717, 1.165) is 26.7 Å². The lowest BCUT2D eigenvalue weighted by atomic mass is 9.82. The van der Waals surface area contributed by atoms with Crippen LogP contribution in [0.1, 0.15) is 16.7 Å². The van der Waals surface area contributed by atoms with Crippen LogP contribution in [0.25, 0.3) is 88.0 Å².